The number of hydrogen-bond acceptors (Lipinski definition) is 4. The van der Waals surface area contributed by atoms with E-state index < -0.39 is 0 Å². The van der Waals surface area contributed by atoms with Crippen LogP contribution in [0.5, 0.6) is 0 Å². The molecule has 0 saturated heterocycles. The van der Waals surface area contributed by atoms with Crippen LogP contribution in [-0.2, 0) is 33.6 Å². The third-order valence-corrected chi connectivity index (χ3v) is 3.80. The molecule has 0 aliphatic carbocycles. The summed E-state index contributed by atoms with van der Waals surface area (Å²) in [7, 11) is 3.93. The van der Waals surface area contributed by atoms with Crippen molar-refractivity contribution in [3.05, 3.63) is 35.7 Å². The van der Waals surface area contributed by atoms with Crippen molar-refractivity contribution in [3.63, 3.8) is 0 Å². The second-order valence-electron chi connectivity index (χ2n) is 5.22. The van der Waals surface area contributed by atoms with Gasteiger partial charge in [-0.15, -0.1) is 0 Å². The van der Waals surface area contributed by atoms with Crippen LogP contribution in [0.25, 0.3) is 0 Å². The van der Waals surface area contributed by atoms with Crippen molar-refractivity contribution >= 4 is 0 Å². The minimum atomic E-state index is 0.156. The van der Waals surface area contributed by atoms with Crippen LogP contribution >= 0.6 is 0 Å². The summed E-state index contributed by atoms with van der Waals surface area (Å²) in [5.74, 6) is 0. The smallest absolute Gasteiger partial charge is 0.0949 e. The molecule has 0 unspecified atom stereocenters. The van der Waals surface area contributed by atoms with Crippen LogP contribution in [0.1, 0.15) is 17.0 Å². The maximum absolute atomic E-state index is 9.61. The molecule has 1 atom stereocenters. The molecule has 0 spiro atoms. The predicted molar refractivity (Wildman–Crippen MR) is 70.2 cm³/mol. The van der Waals surface area contributed by atoms with Gasteiger partial charge in [0.2, 0.25) is 0 Å². The minimum Gasteiger partial charge on any atom is -0.395 e. The second-order valence-corrected chi connectivity index (χ2v) is 5.22. The molecule has 1 aliphatic heterocycles. The summed E-state index contributed by atoms with van der Waals surface area (Å²) in [6, 6.07) is 0.156. The molecule has 6 heteroatoms. The lowest BCUT2D eigenvalue weighted by molar-refractivity contribution is 0.0967. The van der Waals surface area contributed by atoms with Crippen molar-refractivity contribution in [2.45, 2.75) is 25.6 Å². The molecular weight excluding hydrogens is 242 g/mol. The Kier molecular flexibility index (Phi) is 3.12. The molecule has 0 radical (unpaired) electrons. The summed E-state index contributed by atoms with van der Waals surface area (Å²) in [5, 5.41) is 13.8. The Balaban J connectivity index is 1.81. The van der Waals surface area contributed by atoms with Gasteiger partial charge in [0.1, 0.15) is 0 Å². The van der Waals surface area contributed by atoms with Gasteiger partial charge in [-0.25, -0.2) is 4.98 Å². The zero-order chi connectivity index (χ0) is 13.4. The highest BCUT2D eigenvalue weighted by Crippen LogP contribution is 2.23. The number of aliphatic hydroxyl groups is 1. The molecule has 2 aromatic rings. The first-order chi connectivity index (χ1) is 9.17. The van der Waals surface area contributed by atoms with Crippen molar-refractivity contribution in [1.29, 1.82) is 0 Å². The Hall–Kier alpha value is -1.66. The molecule has 102 valence electrons. The highest BCUT2D eigenvalue weighted by molar-refractivity contribution is 5.19. The van der Waals surface area contributed by atoms with E-state index in [-0.39, 0.29) is 12.6 Å². The summed E-state index contributed by atoms with van der Waals surface area (Å²) in [4.78, 5) is 6.71. The van der Waals surface area contributed by atoms with Gasteiger partial charge in [-0.3, -0.25) is 9.58 Å². The number of aryl methyl sites for hydroxylation is 2. The second kappa shape index (κ2) is 4.79. The molecule has 0 saturated carbocycles. The lowest BCUT2D eigenvalue weighted by Crippen LogP contribution is -2.42. The number of fused-ring (bicyclic) bond motifs is 1. The van der Waals surface area contributed by atoms with Crippen molar-refractivity contribution in [3.8, 4) is 0 Å². The lowest BCUT2D eigenvalue weighted by Gasteiger charge is -2.34. The van der Waals surface area contributed by atoms with Crippen LogP contribution < -0.4 is 0 Å². The summed E-state index contributed by atoms with van der Waals surface area (Å²) >= 11 is 0. The lowest BCUT2D eigenvalue weighted by atomic mass is 10.0. The van der Waals surface area contributed by atoms with Gasteiger partial charge < -0.3 is 9.67 Å². The van der Waals surface area contributed by atoms with E-state index in [1.54, 1.807) is 4.68 Å². The van der Waals surface area contributed by atoms with Crippen molar-refractivity contribution in [2.24, 2.45) is 14.1 Å². The van der Waals surface area contributed by atoms with Crippen molar-refractivity contribution < 1.29 is 5.11 Å². The van der Waals surface area contributed by atoms with Crippen molar-refractivity contribution in [2.75, 3.05) is 6.61 Å². The summed E-state index contributed by atoms with van der Waals surface area (Å²) in [6.45, 7) is 1.76. The van der Waals surface area contributed by atoms with Gasteiger partial charge in [0.15, 0.2) is 0 Å². The van der Waals surface area contributed by atoms with Gasteiger partial charge in [0.05, 0.1) is 24.8 Å². The van der Waals surface area contributed by atoms with Crippen LogP contribution in [-0.4, -0.2) is 42.0 Å². The molecule has 0 amide bonds. The van der Waals surface area contributed by atoms with E-state index in [0.29, 0.717) is 0 Å². The Morgan fingerprint density at radius 1 is 1.42 bits per heavy atom. The average molecular weight is 261 g/mol. The zero-order valence-electron chi connectivity index (χ0n) is 11.3. The Morgan fingerprint density at radius 2 is 2.26 bits per heavy atom. The topological polar surface area (TPSA) is 59.1 Å². The van der Waals surface area contributed by atoms with Gasteiger partial charge in [-0.1, -0.05) is 0 Å². The van der Waals surface area contributed by atoms with E-state index in [0.717, 1.165) is 25.2 Å². The average Bonchev–Trinajstić information content (AvgIpc) is 2.96. The van der Waals surface area contributed by atoms with E-state index in [1.165, 1.54) is 11.3 Å². The molecule has 19 heavy (non-hydrogen) atoms. The first kappa shape index (κ1) is 12.4. The van der Waals surface area contributed by atoms with Crippen molar-refractivity contribution in [1.82, 2.24) is 24.2 Å². The largest absolute Gasteiger partial charge is 0.395 e. The van der Waals surface area contributed by atoms with Gasteiger partial charge in [-0.05, 0) is 0 Å². The highest BCUT2D eigenvalue weighted by Gasteiger charge is 2.28. The Labute approximate surface area is 112 Å². The van der Waals surface area contributed by atoms with Gasteiger partial charge in [0, 0.05) is 57.1 Å². The van der Waals surface area contributed by atoms with E-state index in [1.807, 2.05) is 32.8 Å². The number of imidazole rings is 1. The summed E-state index contributed by atoms with van der Waals surface area (Å²) in [6.07, 6.45) is 6.60. The fourth-order valence-corrected chi connectivity index (χ4v) is 2.72. The predicted octanol–water partition coefficient (Wildman–Crippen LogP) is 0.0728. The molecule has 3 heterocycles. The zero-order valence-corrected chi connectivity index (χ0v) is 11.3. The number of aromatic nitrogens is 4. The first-order valence-electron chi connectivity index (χ1n) is 6.49. The molecular formula is C13H19N5O. The standard InChI is InChI=1S/C13H19N5O/c1-16-9-14-12-7-18(11(8-19)3-13(12)16)6-10-4-15-17(2)5-10/h4-5,9,11,19H,3,6-8H2,1-2H3/t11-/m1/s1. The molecule has 0 bridgehead atoms. The monoisotopic (exact) mass is 261 g/mol. The quantitative estimate of drug-likeness (QED) is 0.849. The normalized spacial score (nSPS) is 19.6. The van der Waals surface area contributed by atoms with Gasteiger partial charge >= 0.3 is 0 Å². The third-order valence-electron chi connectivity index (χ3n) is 3.80. The van der Waals surface area contributed by atoms with Crippen LogP contribution in [0, 0.1) is 0 Å². The molecule has 0 aromatic carbocycles. The molecule has 6 nitrogen and oxygen atoms in total. The maximum atomic E-state index is 9.61. The van der Waals surface area contributed by atoms with E-state index in [4.69, 9.17) is 0 Å². The third kappa shape index (κ3) is 2.29. The fraction of sp³-hybridized carbons (Fsp3) is 0.538. The Morgan fingerprint density at radius 3 is 2.95 bits per heavy atom. The molecule has 1 aliphatic rings. The van der Waals surface area contributed by atoms with Crippen LogP contribution in [0.3, 0.4) is 0 Å². The molecule has 1 N–H and O–H groups in total. The van der Waals surface area contributed by atoms with Gasteiger partial charge in [0.25, 0.3) is 0 Å². The number of hydrogen-bond donors (Lipinski definition) is 1. The van der Waals surface area contributed by atoms with E-state index >= 15 is 0 Å². The SMILES string of the molecule is Cn1cc(CN2Cc3ncn(C)c3C[C@@H]2CO)cn1. The maximum Gasteiger partial charge on any atom is 0.0949 e. The highest BCUT2D eigenvalue weighted by atomic mass is 16.3. The molecule has 0 fully saturated rings. The fourth-order valence-electron chi connectivity index (χ4n) is 2.72. The molecule has 2 aromatic heterocycles. The summed E-state index contributed by atoms with van der Waals surface area (Å²) in [5.41, 5.74) is 3.53. The molecule has 3 rings (SSSR count). The number of aliphatic hydroxyl groups excluding tert-OH is 1. The Bertz CT molecular complexity index is 573. The van der Waals surface area contributed by atoms with Crippen LogP contribution in [0.2, 0.25) is 0 Å². The minimum absolute atomic E-state index is 0.156. The van der Waals surface area contributed by atoms with E-state index in [9.17, 15) is 5.11 Å². The number of nitrogens with zero attached hydrogens (tertiary/aromatic N) is 5. The summed E-state index contributed by atoms with van der Waals surface area (Å²) < 4.78 is 3.86. The number of rotatable bonds is 3. The van der Waals surface area contributed by atoms with Gasteiger partial charge in [-0.2, -0.15) is 5.10 Å². The first-order valence-corrected chi connectivity index (χ1v) is 6.49. The van der Waals surface area contributed by atoms with E-state index in [2.05, 4.69) is 19.5 Å². The van der Waals surface area contributed by atoms with Crippen LogP contribution in [0.4, 0.5) is 0 Å². The van der Waals surface area contributed by atoms with Crippen LogP contribution in [0.15, 0.2) is 18.7 Å².